The smallest absolute Gasteiger partial charge is 0.303 e. The van der Waals surface area contributed by atoms with Crippen LogP contribution in [0.1, 0.15) is 19.3 Å². The van der Waals surface area contributed by atoms with E-state index in [1.165, 1.54) is 0 Å². The van der Waals surface area contributed by atoms with Crippen LogP contribution in [-0.4, -0.2) is 30.7 Å². The lowest BCUT2D eigenvalue weighted by Gasteiger charge is -2.01. The first-order valence-corrected chi connectivity index (χ1v) is 3.70. The number of carbonyl (C=O) groups is 1. The molecular formula is C7H12F2O3. The van der Waals surface area contributed by atoms with Gasteiger partial charge < -0.3 is 9.84 Å². The van der Waals surface area contributed by atoms with E-state index in [0.717, 1.165) is 0 Å². The van der Waals surface area contributed by atoms with Crippen LogP contribution in [0.25, 0.3) is 0 Å². The summed E-state index contributed by atoms with van der Waals surface area (Å²) in [7, 11) is 0. The Morgan fingerprint density at radius 2 is 2.08 bits per heavy atom. The summed E-state index contributed by atoms with van der Waals surface area (Å²) in [6, 6.07) is 0. The second kappa shape index (κ2) is 6.97. The third-order valence-electron chi connectivity index (χ3n) is 1.17. The molecular weight excluding hydrogens is 170 g/mol. The van der Waals surface area contributed by atoms with Crippen LogP contribution in [0.3, 0.4) is 0 Å². The molecule has 0 radical (unpaired) electrons. The van der Waals surface area contributed by atoms with Gasteiger partial charge in [0.1, 0.15) is 6.61 Å². The molecule has 3 nitrogen and oxygen atoms in total. The minimum Gasteiger partial charge on any atom is -0.481 e. The predicted molar refractivity (Wildman–Crippen MR) is 38.3 cm³/mol. The molecule has 0 rings (SSSR count). The number of aliphatic carboxylic acids is 1. The Bertz CT molecular complexity index is 128. The van der Waals surface area contributed by atoms with E-state index in [4.69, 9.17) is 5.11 Å². The minimum absolute atomic E-state index is 0.0675. The monoisotopic (exact) mass is 182 g/mol. The van der Waals surface area contributed by atoms with E-state index in [1.54, 1.807) is 0 Å². The molecule has 0 aromatic carbocycles. The van der Waals surface area contributed by atoms with Crippen LogP contribution < -0.4 is 0 Å². The number of carboxylic acids is 1. The highest BCUT2D eigenvalue weighted by atomic mass is 19.3. The first-order chi connectivity index (χ1) is 5.63. The number of halogens is 2. The van der Waals surface area contributed by atoms with Crippen LogP contribution >= 0.6 is 0 Å². The van der Waals surface area contributed by atoms with Gasteiger partial charge in [0.15, 0.2) is 0 Å². The molecule has 0 aromatic heterocycles. The van der Waals surface area contributed by atoms with E-state index in [-0.39, 0.29) is 13.0 Å². The van der Waals surface area contributed by atoms with Gasteiger partial charge in [0.25, 0.3) is 6.43 Å². The normalized spacial score (nSPS) is 10.6. The second-order valence-electron chi connectivity index (χ2n) is 2.32. The van der Waals surface area contributed by atoms with Crippen molar-refractivity contribution in [2.24, 2.45) is 0 Å². The molecule has 0 heterocycles. The lowest BCUT2D eigenvalue weighted by molar-refractivity contribution is -0.137. The fourth-order valence-corrected chi connectivity index (χ4v) is 0.653. The summed E-state index contributed by atoms with van der Waals surface area (Å²) in [5.41, 5.74) is 0. The number of hydrogen-bond acceptors (Lipinski definition) is 2. The zero-order chi connectivity index (χ0) is 9.40. The Morgan fingerprint density at radius 3 is 2.58 bits per heavy atom. The number of ether oxygens (including phenoxy) is 1. The average Bonchev–Trinajstić information content (AvgIpc) is 1.95. The predicted octanol–water partition coefficient (Wildman–Crippen LogP) is 1.52. The van der Waals surface area contributed by atoms with Crippen LogP contribution in [0, 0.1) is 0 Å². The van der Waals surface area contributed by atoms with Crippen LogP contribution in [0.5, 0.6) is 0 Å². The molecule has 0 aliphatic carbocycles. The van der Waals surface area contributed by atoms with E-state index in [9.17, 15) is 13.6 Å². The lowest BCUT2D eigenvalue weighted by atomic mass is 10.2. The zero-order valence-electron chi connectivity index (χ0n) is 6.63. The molecule has 72 valence electrons. The molecule has 0 unspecified atom stereocenters. The molecule has 0 atom stereocenters. The molecule has 0 aliphatic heterocycles. The summed E-state index contributed by atoms with van der Waals surface area (Å²) >= 11 is 0. The molecule has 0 saturated carbocycles. The van der Waals surface area contributed by atoms with Crippen molar-refractivity contribution in [1.82, 2.24) is 0 Å². The van der Waals surface area contributed by atoms with E-state index in [0.29, 0.717) is 12.8 Å². The van der Waals surface area contributed by atoms with Gasteiger partial charge >= 0.3 is 5.97 Å². The highest BCUT2D eigenvalue weighted by Gasteiger charge is 2.01. The second-order valence-corrected chi connectivity index (χ2v) is 2.32. The van der Waals surface area contributed by atoms with Gasteiger partial charge in [-0.2, -0.15) is 0 Å². The van der Waals surface area contributed by atoms with Crippen molar-refractivity contribution in [3.05, 3.63) is 0 Å². The van der Waals surface area contributed by atoms with Crippen molar-refractivity contribution in [3.63, 3.8) is 0 Å². The van der Waals surface area contributed by atoms with Crippen molar-refractivity contribution < 1.29 is 23.4 Å². The van der Waals surface area contributed by atoms with Gasteiger partial charge in [0.2, 0.25) is 0 Å². The Morgan fingerprint density at radius 1 is 1.42 bits per heavy atom. The maximum Gasteiger partial charge on any atom is 0.303 e. The van der Waals surface area contributed by atoms with E-state index in [1.807, 2.05) is 0 Å². The number of hydrogen-bond donors (Lipinski definition) is 1. The average molecular weight is 182 g/mol. The van der Waals surface area contributed by atoms with Crippen LogP contribution in [0.2, 0.25) is 0 Å². The standard InChI is InChI=1S/C7H12F2O3/c8-6(9)5-12-4-2-1-3-7(10)11/h6H,1-5H2,(H,10,11). The Kier molecular flexibility index (Phi) is 6.55. The molecule has 0 amide bonds. The van der Waals surface area contributed by atoms with Crippen molar-refractivity contribution in [3.8, 4) is 0 Å². The van der Waals surface area contributed by atoms with E-state index in [2.05, 4.69) is 4.74 Å². The maximum absolute atomic E-state index is 11.5. The minimum atomic E-state index is -2.44. The number of rotatable bonds is 7. The van der Waals surface area contributed by atoms with Crippen LogP contribution in [0.15, 0.2) is 0 Å². The summed E-state index contributed by atoms with van der Waals surface area (Å²) in [4.78, 5) is 9.98. The molecule has 0 aliphatic rings. The number of alkyl halides is 2. The number of carboxylic acid groups (broad SMARTS) is 1. The fraction of sp³-hybridized carbons (Fsp3) is 0.857. The van der Waals surface area contributed by atoms with Gasteiger partial charge in [-0.3, -0.25) is 4.79 Å². The van der Waals surface area contributed by atoms with Gasteiger partial charge in [0.05, 0.1) is 0 Å². The molecule has 5 heteroatoms. The van der Waals surface area contributed by atoms with Gasteiger partial charge in [-0.05, 0) is 12.8 Å². The lowest BCUT2D eigenvalue weighted by Crippen LogP contribution is -2.05. The van der Waals surface area contributed by atoms with Gasteiger partial charge in [-0.1, -0.05) is 0 Å². The van der Waals surface area contributed by atoms with Crippen molar-refractivity contribution >= 4 is 5.97 Å². The van der Waals surface area contributed by atoms with Crippen molar-refractivity contribution in [1.29, 1.82) is 0 Å². The first-order valence-electron chi connectivity index (χ1n) is 3.70. The van der Waals surface area contributed by atoms with Crippen molar-refractivity contribution in [2.45, 2.75) is 25.7 Å². The Hall–Kier alpha value is -0.710. The molecule has 0 saturated heterocycles. The summed E-state index contributed by atoms with van der Waals surface area (Å²) < 4.78 is 27.4. The Balaban J connectivity index is 2.96. The summed E-state index contributed by atoms with van der Waals surface area (Å²) in [6.45, 7) is -0.356. The van der Waals surface area contributed by atoms with Gasteiger partial charge in [-0.15, -0.1) is 0 Å². The quantitative estimate of drug-likeness (QED) is 0.607. The van der Waals surface area contributed by atoms with Gasteiger partial charge in [0, 0.05) is 13.0 Å². The topological polar surface area (TPSA) is 46.5 Å². The van der Waals surface area contributed by atoms with Crippen LogP contribution in [-0.2, 0) is 9.53 Å². The third kappa shape index (κ3) is 9.29. The molecule has 0 aromatic rings. The fourth-order valence-electron chi connectivity index (χ4n) is 0.653. The highest BCUT2D eigenvalue weighted by Crippen LogP contribution is 1.98. The first kappa shape index (κ1) is 11.3. The molecule has 12 heavy (non-hydrogen) atoms. The van der Waals surface area contributed by atoms with E-state index < -0.39 is 19.0 Å². The highest BCUT2D eigenvalue weighted by molar-refractivity contribution is 5.66. The van der Waals surface area contributed by atoms with Gasteiger partial charge in [-0.25, -0.2) is 8.78 Å². The molecule has 0 spiro atoms. The molecule has 0 fully saturated rings. The summed E-state index contributed by atoms with van der Waals surface area (Å²) in [5.74, 6) is -0.871. The molecule has 1 N–H and O–H groups in total. The SMILES string of the molecule is O=C(O)CCCCOCC(F)F. The van der Waals surface area contributed by atoms with Crippen LogP contribution in [0.4, 0.5) is 8.78 Å². The Labute approximate surface area is 69.3 Å². The number of unbranched alkanes of at least 4 members (excludes halogenated alkanes) is 1. The van der Waals surface area contributed by atoms with Crippen molar-refractivity contribution in [2.75, 3.05) is 13.2 Å². The maximum atomic E-state index is 11.5. The zero-order valence-corrected chi connectivity index (χ0v) is 6.63. The van der Waals surface area contributed by atoms with E-state index >= 15 is 0 Å². The largest absolute Gasteiger partial charge is 0.481 e. The summed E-state index contributed by atoms with van der Waals surface area (Å²) in [6.07, 6.45) is -1.39. The molecule has 0 bridgehead atoms. The third-order valence-corrected chi connectivity index (χ3v) is 1.17. The summed E-state index contributed by atoms with van der Waals surface area (Å²) in [5, 5.41) is 8.20.